The van der Waals surface area contributed by atoms with Crippen molar-refractivity contribution in [1.29, 1.82) is 0 Å². The standard InChI is InChI=1S/C18H22N2O7S/c1-23-13-6-7-14(24-2)17(10-13)28(21,22)20-19-11-12-8-15(25-3)18(27-5)16(9-12)26-4/h6-11,20H,1-5H3/b19-11+. The number of methoxy groups -OCH3 is 5. The number of nitrogens with zero attached hydrogens (tertiary/aromatic N) is 1. The predicted molar refractivity (Wildman–Crippen MR) is 104 cm³/mol. The van der Waals surface area contributed by atoms with Crippen LogP contribution in [0.25, 0.3) is 0 Å². The van der Waals surface area contributed by atoms with E-state index in [1.807, 2.05) is 0 Å². The van der Waals surface area contributed by atoms with E-state index >= 15 is 0 Å². The van der Waals surface area contributed by atoms with Crippen LogP contribution in [0.3, 0.4) is 0 Å². The molecule has 0 atom stereocenters. The number of hydrogen-bond donors (Lipinski definition) is 1. The van der Waals surface area contributed by atoms with E-state index < -0.39 is 10.0 Å². The first-order chi connectivity index (χ1) is 13.4. The molecule has 9 nitrogen and oxygen atoms in total. The average Bonchev–Trinajstić information content (AvgIpc) is 2.72. The molecule has 0 amide bonds. The summed E-state index contributed by atoms with van der Waals surface area (Å²) >= 11 is 0. The van der Waals surface area contributed by atoms with Gasteiger partial charge in [-0.15, -0.1) is 0 Å². The molecule has 1 N–H and O–H groups in total. The molecule has 0 aromatic heterocycles. The van der Waals surface area contributed by atoms with Gasteiger partial charge in [-0.25, -0.2) is 0 Å². The molecule has 0 aliphatic rings. The number of benzene rings is 2. The highest BCUT2D eigenvalue weighted by Gasteiger charge is 2.20. The second kappa shape index (κ2) is 9.18. The summed E-state index contributed by atoms with van der Waals surface area (Å²) in [5.74, 6) is 1.79. The van der Waals surface area contributed by atoms with Crippen molar-refractivity contribution in [2.24, 2.45) is 5.10 Å². The SMILES string of the molecule is COc1ccc(OC)c(S(=O)(=O)N/N=C/c2cc(OC)c(OC)c(OC)c2)c1. The summed E-state index contributed by atoms with van der Waals surface area (Å²) in [7, 11) is 3.28. The molecule has 2 aromatic carbocycles. The Morgan fingerprint density at radius 1 is 0.821 bits per heavy atom. The Bertz CT molecular complexity index is 933. The van der Waals surface area contributed by atoms with Gasteiger partial charge in [0.05, 0.1) is 41.8 Å². The van der Waals surface area contributed by atoms with Gasteiger partial charge < -0.3 is 23.7 Å². The number of ether oxygens (including phenoxy) is 5. The average molecular weight is 410 g/mol. The Morgan fingerprint density at radius 3 is 1.93 bits per heavy atom. The van der Waals surface area contributed by atoms with Crippen LogP contribution in [0.2, 0.25) is 0 Å². The van der Waals surface area contributed by atoms with Gasteiger partial charge in [0, 0.05) is 11.6 Å². The van der Waals surface area contributed by atoms with Crippen molar-refractivity contribution in [3.8, 4) is 28.7 Å². The van der Waals surface area contributed by atoms with E-state index in [0.29, 0.717) is 28.6 Å². The molecule has 0 radical (unpaired) electrons. The molecule has 0 saturated heterocycles. The largest absolute Gasteiger partial charge is 0.497 e. The zero-order chi connectivity index (χ0) is 20.7. The lowest BCUT2D eigenvalue weighted by Gasteiger charge is -2.13. The summed E-state index contributed by atoms with van der Waals surface area (Å²) in [6.45, 7) is 0. The zero-order valence-corrected chi connectivity index (χ0v) is 17.0. The molecule has 10 heteroatoms. The second-order valence-electron chi connectivity index (χ2n) is 5.33. The molecule has 0 heterocycles. The van der Waals surface area contributed by atoms with Gasteiger partial charge in [-0.05, 0) is 24.3 Å². The lowest BCUT2D eigenvalue weighted by molar-refractivity contribution is 0.324. The van der Waals surface area contributed by atoms with Gasteiger partial charge in [-0.3, -0.25) is 0 Å². The maximum atomic E-state index is 12.6. The maximum absolute atomic E-state index is 12.6. The minimum atomic E-state index is -3.99. The monoisotopic (exact) mass is 410 g/mol. The topological polar surface area (TPSA) is 105 Å². The van der Waals surface area contributed by atoms with Crippen LogP contribution in [0.15, 0.2) is 40.3 Å². The van der Waals surface area contributed by atoms with Crippen LogP contribution in [0.5, 0.6) is 28.7 Å². The van der Waals surface area contributed by atoms with Gasteiger partial charge in [-0.1, -0.05) is 0 Å². The molecule has 0 unspecified atom stereocenters. The summed E-state index contributed by atoms with van der Waals surface area (Å²) in [4.78, 5) is 2.05. The van der Waals surface area contributed by atoms with Gasteiger partial charge in [-0.2, -0.15) is 18.4 Å². The molecule has 0 aliphatic carbocycles. The van der Waals surface area contributed by atoms with E-state index in [1.165, 1.54) is 53.9 Å². The molecular formula is C18H22N2O7S. The summed E-state index contributed by atoms with van der Waals surface area (Å²) in [5.41, 5.74) is 0.537. The highest BCUT2D eigenvalue weighted by Crippen LogP contribution is 2.37. The molecule has 2 aromatic rings. The zero-order valence-electron chi connectivity index (χ0n) is 16.2. The number of sulfonamides is 1. The van der Waals surface area contributed by atoms with Crippen molar-refractivity contribution in [2.75, 3.05) is 35.5 Å². The van der Waals surface area contributed by atoms with Crippen molar-refractivity contribution < 1.29 is 32.1 Å². The van der Waals surface area contributed by atoms with Crippen LogP contribution in [0.4, 0.5) is 0 Å². The van der Waals surface area contributed by atoms with Crippen LogP contribution in [0.1, 0.15) is 5.56 Å². The highest BCUT2D eigenvalue weighted by atomic mass is 32.2. The fraction of sp³-hybridized carbons (Fsp3) is 0.278. The minimum Gasteiger partial charge on any atom is -0.497 e. The van der Waals surface area contributed by atoms with Crippen molar-refractivity contribution in [3.63, 3.8) is 0 Å². The quantitative estimate of drug-likeness (QED) is 0.498. The lowest BCUT2D eigenvalue weighted by Crippen LogP contribution is -2.19. The van der Waals surface area contributed by atoms with Crippen LogP contribution < -0.4 is 28.5 Å². The number of hydrazone groups is 1. The number of nitrogens with one attached hydrogen (secondary N) is 1. The fourth-order valence-corrected chi connectivity index (χ4v) is 3.37. The summed E-state index contributed by atoms with van der Waals surface area (Å²) in [6.07, 6.45) is 1.31. The molecule has 0 bridgehead atoms. The van der Waals surface area contributed by atoms with Crippen LogP contribution in [-0.4, -0.2) is 50.2 Å². The third kappa shape index (κ3) is 4.58. The van der Waals surface area contributed by atoms with Crippen molar-refractivity contribution in [1.82, 2.24) is 4.83 Å². The fourth-order valence-electron chi connectivity index (χ4n) is 2.39. The van der Waals surface area contributed by atoms with Crippen molar-refractivity contribution in [2.45, 2.75) is 4.90 Å². The molecule has 28 heavy (non-hydrogen) atoms. The third-order valence-electron chi connectivity index (χ3n) is 3.73. The predicted octanol–water partition coefficient (Wildman–Crippen LogP) is 2.04. The van der Waals surface area contributed by atoms with Gasteiger partial charge in [0.2, 0.25) is 5.75 Å². The van der Waals surface area contributed by atoms with Crippen molar-refractivity contribution >= 4 is 16.2 Å². The van der Waals surface area contributed by atoms with E-state index in [1.54, 1.807) is 18.2 Å². The van der Waals surface area contributed by atoms with E-state index in [2.05, 4.69) is 9.93 Å². The van der Waals surface area contributed by atoms with Crippen LogP contribution in [-0.2, 0) is 10.0 Å². The highest BCUT2D eigenvalue weighted by molar-refractivity contribution is 7.89. The van der Waals surface area contributed by atoms with Gasteiger partial charge in [0.25, 0.3) is 10.0 Å². The first kappa shape index (κ1) is 21.2. The van der Waals surface area contributed by atoms with Gasteiger partial charge in [0.15, 0.2) is 11.5 Å². The second-order valence-corrected chi connectivity index (χ2v) is 6.96. The van der Waals surface area contributed by atoms with Gasteiger partial charge >= 0.3 is 0 Å². The number of rotatable bonds is 9. The molecule has 0 spiro atoms. The molecule has 0 aliphatic heterocycles. The molecule has 0 fully saturated rings. The summed E-state index contributed by atoms with van der Waals surface area (Å²) in [5, 5.41) is 3.82. The van der Waals surface area contributed by atoms with E-state index in [4.69, 9.17) is 23.7 Å². The summed E-state index contributed by atoms with van der Waals surface area (Å²) < 4.78 is 51.1. The molecular weight excluding hydrogens is 388 g/mol. The smallest absolute Gasteiger partial charge is 0.280 e. The first-order valence-electron chi connectivity index (χ1n) is 7.97. The first-order valence-corrected chi connectivity index (χ1v) is 9.45. The Balaban J connectivity index is 2.32. The van der Waals surface area contributed by atoms with Crippen LogP contribution in [0, 0.1) is 0 Å². The Kier molecular flexibility index (Phi) is 6.94. The Hall–Kier alpha value is -3.14. The minimum absolute atomic E-state index is 0.101. The molecule has 2 rings (SSSR count). The van der Waals surface area contributed by atoms with Gasteiger partial charge in [0.1, 0.15) is 16.4 Å². The van der Waals surface area contributed by atoms with Crippen molar-refractivity contribution in [3.05, 3.63) is 35.9 Å². The maximum Gasteiger partial charge on any atom is 0.280 e. The normalized spacial score (nSPS) is 11.2. The van der Waals surface area contributed by atoms with Crippen LogP contribution >= 0.6 is 0 Å². The van der Waals surface area contributed by atoms with E-state index in [0.717, 1.165) is 0 Å². The Labute approximate surface area is 163 Å². The number of hydrogen-bond acceptors (Lipinski definition) is 8. The lowest BCUT2D eigenvalue weighted by atomic mass is 10.2. The summed E-state index contributed by atoms with van der Waals surface area (Å²) in [6, 6.07) is 7.69. The molecule has 0 saturated carbocycles. The Morgan fingerprint density at radius 2 is 1.43 bits per heavy atom. The van der Waals surface area contributed by atoms with E-state index in [-0.39, 0.29) is 10.6 Å². The molecule has 152 valence electrons. The van der Waals surface area contributed by atoms with E-state index in [9.17, 15) is 8.42 Å². The third-order valence-corrected chi connectivity index (χ3v) is 4.98.